The van der Waals surface area contributed by atoms with Crippen molar-refractivity contribution in [2.24, 2.45) is 5.10 Å². The zero-order chi connectivity index (χ0) is 20.1. The average molecular weight is 398 g/mol. The van der Waals surface area contributed by atoms with Crippen LogP contribution in [0.25, 0.3) is 11.3 Å². The molecule has 7 nitrogen and oxygen atoms in total. The maximum atomic E-state index is 14.0. The molecule has 28 heavy (non-hydrogen) atoms. The molecule has 3 rings (SSSR count). The van der Waals surface area contributed by atoms with Crippen LogP contribution in [0, 0.1) is 17.1 Å². The summed E-state index contributed by atoms with van der Waals surface area (Å²) in [5.74, 6) is -0.318. The van der Waals surface area contributed by atoms with E-state index in [1.54, 1.807) is 30.3 Å². The summed E-state index contributed by atoms with van der Waals surface area (Å²) >= 11 is 6.07. The summed E-state index contributed by atoms with van der Waals surface area (Å²) in [6.45, 7) is 0. The molecule has 0 aliphatic carbocycles. The molecular weight excluding hydrogens is 385 g/mol. The smallest absolute Gasteiger partial charge is 0.270 e. The Kier molecular flexibility index (Phi) is 5.67. The predicted molar refractivity (Wildman–Crippen MR) is 104 cm³/mol. The van der Waals surface area contributed by atoms with Crippen LogP contribution in [0.5, 0.6) is 5.75 Å². The first-order valence-electron chi connectivity index (χ1n) is 7.96. The fourth-order valence-corrected chi connectivity index (χ4v) is 2.70. The van der Waals surface area contributed by atoms with E-state index in [4.69, 9.17) is 16.3 Å². The van der Waals surface area contributed by atoms with Crippen LogP contribution < -0.4 is 15.7 Å². The van der Waals surface area contributed by atoms with Crippen LogP contribution in [0.4, 0.5) is 10.3 Å². The van der Waals surface area contributed by atoms with Crippen molar-refractivity contribution in [2.75, 3.05) is 12.5 Å². The number of aromatic nitrogens is 2. The van der Waals surface area contributed by atoms with Crippen LogP contribution in [-0.4, -0.2) is 23.3 Å². The number of hydrazone groups is 1. The first kappa shape index (κ1) is 19.1. The molecule has 2 N–H and O–H groups in total. The highest BCUT2D eigenvalue weighted by atomic mass is 35.5. The lowest BCUT2D eigenvalue weighted by Gasteiger charge is -2.07. The summed E-state index contributed by atoms with van der Waals surface area (Å²) in [5.41, 5.74) is 2.57. The van der Waals surface area contributed by atoms with Crippen LogP contribution in [0.15, 0.2) is 52.4 Å². The lowest BCUT2D eigenvalue weighted by atomic mass is 10.1. The molecule has 3 aromatic rings. The number of H-pyrrole nitrogens is 1. The molecule has 1 heterocycles. The SMILES string of the molecule is COc1ccc(F)c(C=NNc2nc(-c3ccccc3)c(C#N)c(=O)[nH]2)c1Cl. The third-order valence-corrected chi connectivity index (χ3v) is 4.14. The Morgan fingerprint density at radius 2 is 2.07 bits per heavy atom. The molecule has 0 bridgehead atoms. The highest BCUT2D eigenvalue weighted by Gasteiger charge is 2.13. The standard InChI is InChI=1S/C19H13ClFN5O2/c1-28-15-8-7-14(21)13(16(15)20)10-23-26-19-24-17(11-5-3-2-4-6-11)12(9-22)18(27)25-19/h2-8,10H,1H3,(H2,24,25,26,27). The summed E-state index contributed by atoms with van der Waals surface area (Å²) in [4.78, 5) is 18.8. The second-order valence-electron chi connectivity index (χ2n) is 5.46. The number of benzene rings is 2. The van der Waals surface area contributed by atoms with E-state index < -0.39 is 11.4 Å². The van der Waals surface area contributed by atoms with Gasteiger partial charge in [0.25, 0.3) is 5.56 Å². The van der Waals surface area contributed by atoms with E-state index in [1.165, 1.54) is 19.2 Å². The normalized spacial score (nSPS) is 10.6. The summed E-state index contributed by atoms with van der Waals surface area (Å²) < 4.78 is 19.0. The van der Waals surface area contributed by atoms with Gasteiger partial charge in [0, 0.05) is 5.56 Å². The molecule has 0 spiro atoms. The Hall–Kier alpha value is -3.70. The third kappa shape index (κ3) is 3.84. The Bertz CT molecular complexity index is 1140. The number of anilines is 1. The first-order chi connectivity index (χ1) is 13.5. The Balaban J connectivity index is 1.95. The number of nitrogens with one attached hydrogen (secondary N) is 2. The fraction of sp³-hybridized carbons (Fsp3) is 0.0526. The van der Waals surface area contributed by atoms with Crippen LogP contribution in [0.2, 0.25) is 5.02 Å². The number of methoxy groups -OCH3 is 1. The number of nitrogens with zero attached hydrogens (tertiary/aromatic N) is 3. The Morgan fingerprint density at radius 1 is 1.32 bits per heavy atom. The molecule has 0 atom stereocenters. The van der Waals surface area contributed by atoms with Crippen molar-refractivity contribution in [2.45, 2.75) is 0 Å². The van der Waals surface area contributed by atoms with Crippen molar-refractivity contribution >= 4 is 23.8 Å². The summed E-state index contributed by atoms with van der Waals surface area (Å²) in [5, 5.41) is 13.2. The molecule has 0 amide bonds. The van der Waals surface area contributed by atoms with E-state index in [2.05, 4.69) is 20.5 Å². The van der Waals surface area contributed by atoms with Gasteiger partial charge in [0.15, 0.2) is 0 Å². The Morgan fingerprint density at radius 3 is 2.75 bits per heavy atom. The minimum Gasteiger partial charge on any atom is -0.495 e. The molecule has 0 unspecified atom stereocenters. The molecule has 1 aromatic heterocycles. The molecule has 2 aromatic carbocycles. The van der Waals surface area contributed by atoms with Crippen molar-refractivity contribution in [3.63, 3.8) is 0 Å². The number of nitriles is 1. The molecule has 0 saturated carbocycles. The van der Waals surface area contributed by atoms with Gasteiger partial charge in [-0.2, -0.15) is 10.4 Å². The van der Waals surface area contributed by atoms with Crippen molar-refractivity contribution in [3.8, 4) is 23.1 Å². The quantitative estimate of drug-likeness (QED) is 0.506. The van der Waals surface area contributed by atoms with Crippen LogP contribution in [-0.2, 0) is 0 Å². The molecule has 0 aliphatic rings. The van der Waals surface area contributed by atoms with Gasteiger partial charge in [0.2, 0.25) is 5.95 Å². The van der Waals surface area contributed by atoms with E-state index in [-0.39, 0.29) is 27.8 Å². The van der Waals surface area contributed by atoms with E-state index in [1.807, 2.05) is 6.07 Å². The zero-order valence-electron chi connectivity index (χ0n) is 14.5. The van der Waals surface area contributed by atoms with Crippen LogP contribution in [0.3, 0.4) is 0 Å². The molecule has 0 fully saturated rings. The van der Waals surface area contributed by atoms with Gasteiger partial charge in [0.05, 0.1) is 29.6 Å². The molecule has 0 saturated heterocycles. The van der Waals surface area contributed by atoms with Gasteiger partial charge in [-0.15, -0.1) is 0 Å². The van der Waals surface area contributed by atoms with Crippen molar-refractivity contribution < 1.29 is 9.13 Å². The monoisotopic (exact) mass is 397 g/mol. The number of aromatic amines is 1. The van der Waals surface area contributed by atoms with Gasteiger partial charge >= 0.3 is 0 Å². The zero-order valence-corrected chi connectivity index (χ0v) is 15.3. The molecule has 0 aliphatic heterocycles. The van der Waals surface area contributed by atoms with Gasteiger partial charge < -0.3 is 4.74 Å². The number of halogens is 2. The molecular formula is C19H13ClFN5O2. The predicted octanol–water partition coefficient (Wildman–Crippen LogP) is 3.56. The van der Waals surface area contributed by atoms with E-state index in [0.717, 1.165) is 6.21 Å². The number of rotatable bonds is 5. The van der Waals surface area contributed by atoms with Crippen molar-refractivity contribution in [1.29, 1.82) is 5.26 Å². The van der Waals surface area contributed by atoms with Crippen molar-refractivity contribution in [3.05, 3.63) is 74.8 Å². The Labute approximate surface area is 164 Å². The topological polar surface area (TPSA) is 103 Å². The lowest BCUT2D eigenvalue weighted by molar-refractivity contribution is 0.414. The van der Waals surface area contributed by atoms with Gasteiger partial charge in [-0.1, -0.05) is 41.9 Å². The van der Waals surface area contributed by atoms with Crippen molar-refractivity contribution in [1.82, 2.24) is 9.97 Å². The minimum atomic E-state index is -0.625. The number of hydrogen-bond donors (Lipinski definition) is 2. The van der Waals surface area contributed by atoms with Gasteiger partial charge in [-0.05, 0) is 12.1 Å². The number of hydrogen-bond acceptors (Lipinski definition) is 6. The second kappa shape index (κ2) is 8.33. The van der Waals surface area contributed by atoms with E-state index in [0.29, 0.717) is 11.3 Å². The maximum absolute atomic E-state index is 14.0. The summed E-state index contributed by atoms with van der Waals surface area (Å²) in [7, 11) is 1.41. The molecule has 140 valence electrons. The fourth-order valence-electron chi connectivity index (χ4n) is 2.42. The molecule has 9 heteroatoms. The van der Waals surface area contributed by atoms with Crippen LogP contribution >= 0.6 is 11.6 Å². The maximum Gasteiger partial charge on any atom is 0.270 e. The highest BCUT2D eigenvalue weighted by Crippen LogP contribution is 2.28. The highest BCUT2D eigenvalue weighted by molar-refractivity contribution is 6.34. The molecule has 0 radical (unpaired) electrons. The van der Waals surface area contributed by atoms with Gasteiger partial charge in [-0.25, -0.2) is 14.8 Å². The van der Waals surface area contributed by atoms with Crippen LogP contribution in [0.1, 0.15) is 11.1 Å². The third-order valence-electron chi connectivity index (χ3n) is 3.75. The summed E-state index contributed by atoms with van der Waals surface area (Å²) in [6, 6.07) is 13.2. The minimum absolute atomic E-state index is 0.00721. The first-order valence-corrected chi connectivity index (χ1v) is 8.34. The van der Waals surface area contributed by atoms with E-state index in [9.17, 15) is 14.4 Å². The lowest BCUT2D eigenvalue weighted by Crippen LogP contribution is -2.16. The van der Waals surface area contributed by atoms with Gasteiger partial charge in [0.1, 0.15) is 23.2 Å². The summed E-state index contributed by atoms with van der Waals surface area (Å²) in [6.07, 6.45) is 1.14. The van der Waals surface area contributed by atoms with Gasteiger partial charge in [-0.3, -0.25) is 9.78 Å². The number of ether oxygens (including phenoxy) is 1. The average Bonchev–Trinajstić information content (AvgIpc) is 2.71. The second-order valence-corrected chi connectivity index (χ2v) is 5.84. The van der Waals surface area contributed by atoms with E-state index >= 15 is 0 Å². The largest absolute Gasteiger partial charge is 0.495 e.